The highest BCUT2D eigenvalue weighted by atomic mass is 14.3. The molecule has 2 aromatic rings. The van der Waals surface area contributed by atoms with E-state index in [1.807, 2.05) is 0 Å². The third-order valence-electron chi connectivity index (χ3n) is 6.78. The van der Waals surface area contributed by atoms with Gasteiger partial charge >= 0.3 is 0 Å². The Morgan fingerprint density at radius 2 is 0.583 bits per heavy atom. The van der Waals surface area contributed by atoms with Crippen molar-refractivity contribution in [1.82, 2.24) is 0 Å². The minimum atomic E-state index is 1.24. The molecular weight excluding hydrogens is 288 g/mol. The van der Waals surface area contributed by atoms with E-state index in [0.717, 1.165) is 0 Å². The first-order chi connectivity index (χ1) is 11.9. The van der Waals surface area contributed by atoms with Gasteiger partial charge in [-0.1, -0.05) is 24.3 Å². The molecule has 0 radical (unpaired) electrons. The van der Waals surface area contributed by atoms with E-state index in [1.54, 1.807) is 44.5 Å². The lowest BCUT2D eigenvalue weighted by Crippen LogP contribution is -2.15. The number of benzene rings is 2. The molecule has 124 valence electrons. The first-order valence-electron chi connectivity index (χ1n) is 10.1. The molecule has 4 aliphatic rings. The summed E-state index contributed by atoms with van der Waals surface area (Å²) in [5.41, 5.74) is 13.6. The number of aryl methyl sites for hydroxylation is 4. The molecule has 0 N–H and O–H groups in total. The van der Waals surface area contributed by atoms with E-state index < -0.39 is 0 Å². The molecule has 4 bridgehead atoms. The number of hydrogen-bond acceptors (Lipinski definition) is 0. The molecule has 2 aromatic carbocycles. The minimum Gasteiger partial charge on any atom is -0.0585 e. The van der Waals surface area contributed by atoms with Crippen molar-refractivity contribution >= 4 is 0 Å². The third kappa shape index (κ3) is 2.42. The fraction of sp³-hybridized carbons (Fsp3) is 0.500. The fourth-order valence-electron chi connectivity index (χ4n) is 5.51. The van der Waals surface area contributed by atoms with Crippen molar-refractivity contribution in [3.05, 3.63) is 68.8 Å². The Labute approximate surface area is 146 Å². The van der Waals surface area contributed by atoms with E-state index in [1.165, 1.54) is 77.0 Å². The highest BCUT2D eigenvalue weighted by molar-refractivity contribution is 5.47. The second kappa shape index (κ2) is 6.06. The van der Waals surface area contributed by atoms with Crippen LogP contribution in [0.1, 0.15) is 70.2 Å². The molecule has 24 heavy (non-hydrogen) atoms. The molecule has 0 nitrogen and oxygen atoms in total. The van der Waals surface area contributed by atoms with Gasteiger partial charge in [0.1, 0.15) is 0 Å². The summed E-state index contributed by atoms with van der Waals surface area (Å²) in [6, 6.07) is 9.89. The lowest BCUT2D eigenvalue weighted by Gasteiger charge is -2.27. The maximum absolute atomic E-state index is 2.47. The van der Waals surface area contributed by atoms with Crippen molar-refractivity contribution in [1.29, 1.82) is 0 Å². The molecule has 0 heteroatoms. The van der Waals surface area contributed by atoms with Gasteiger partial charge in [-0.15, -0.1) is 0 Å². The monoisotopic (exact) mass is 316 g/mol. The average molecular weight is 316 g/mol. The second-order valence-corrected chi connectivity index (χ2v) is 8.10. The molecule has 0 atom stereocenters. The van der Waals surface area contributed by atoms with Crippen LogP contribution in [-0.2, 0) is 51.4 Å². The summed E-state index contributed by atoms with van der Waals surface area (Å²) in [7, 11) is 0. The van der Waals surface area contributed by atoms with Crippen molar-refractivity contribution < 1.29 is 0 Å². The SMILES string of the molecule is c1cc2c3c(c1CCc1ccc(c4c1CCCC4)CC2)CCCC3. The summed E-state index contributed by atoms with van der Waals surface area (Å²) in [5.74, 6) is 0. The zero-order valence-electron chi connectivity index (χ0n) is 14.8. The Bertz CT molecular complexity index is 648. The quantitative estimate of drug-likeness (QED) is 0.616. The molecular formula is C24H28. The molecule has 0 spiro atoms. The molecule has 4 aliphatic carbocycles. The Hall–Kier alpha value is -1.56. The Morgan fingerprint density at radius 3 is 0.833 bits per heavy atom. The third-order valence-corrected chi connectivity index (χ3v) is 6.78. The van der Waals surface area contributed by atoms with Crippen molar-refractivity contribution in [2.75, 3.05) is 0 Å². The van der Waals surface area contributed by atoms with E-state index in [-0.39, 0.29) is 0 Å². The second-order valence-electron chi connectivity index (χ2n) is 8.10. The highest BCUT2D eigenvalue weighted by Gasteiger charge is 2.21. The van der Waals surface area contributed by atoms with Crippen LogP contribution in [0.2, 0.25) is 0 Å². The van der Waals surface area contributed by atoms with Gasteiger partial charge in [0.05, 0.1) is 0 Å². The first-order valence-corrected chi connectivity index (χ1v) is 10.1. The first kappa shape index (κ1) is 14.8. The van der Waals surface area contributed by atoms with Crippen LogP contribution in [0.5, 0.6) is 0 Å². The smallest absolute Gasteiger partial charge is 0.0235 e. The zero-order valence-corrected chi connectivity index (χ0v) is 14.8. The summed E-state index contributed by atoms with van der Waals surface area (Å²) in [5, 5.41) is 0. The van der Waals surface area contributed by atoms with Crippen LogP contribution in [0.4, 0.5) is 0 Å². The summed E-state index contributed by atoms with van der Waals surface area (Å²) in [4.78, 5) is 0. The summed E-state index contributed by atoms with van der Waals surface area (Å²) < 4.78 is 0. The Morgan fingerprint density at radius 1 is 0.333 bits per heavy atom. The minimum absolute atomic E-state index is 1.24. The lowest BCUT2D eigenvalue weighted by atomic mass is 9.78. The van der Waals surface area contributed by atoms with E-state index >= 15 is 0 Å². The highest BCUT2D eigenvalue weighted by Crippen LogP contribution is 2.33. The normalized spacial score (nSPS) is 19.3. The maximum atomic E-state index is 2.47. The fourth-order valence-corrected chi connectivity index (χ4v) is 5.51. The average Bonchev–Trinajstić information content (AvgIpc) is 2.63. The van der Waals surface area contributed by atoms with Crippen LogP contribution in [0.3, 0.4) is 0 Å². The van der Waals surface area contributed by atoms with Crippen LogP contribution in [0.15, 0.2) is 24.3 Å². The van der Waals surface area contributed by atoms with Crippen molar-refractivity contribution in [3.63, 3.8) is 0 Å². The molecule has 0 amide bonds. The van der Waals surface area contributed by atoms with Crippen LogP contribution >= 0.6 is 0 Å². The van der Waals surface area contributed by atoms with Gasteiger partial charge in [0.25, 0.3) is 0 Å². The van der Waals surface area contributed by atoms with Gasteiger partial charge in [0.2, 0.25) is 0 Å². The van der Waals surface area contributed by atoms with E-state index in [2.05, 4.69) is 24.3 Å². The standard InChI is InChI=1S/C24H28/c1-2-6-22-18-10-9-17(21(22)5-1)13-14-19-11-12-20(16-15-18)24-8-4-3-7-23(19)24/h9-12H,1-8,13-16H2. The van der Waals surface area contributed by atoms with Crippen LogP contribution in [-0.4, -0.2) is 0 Å². The number of hydrogen-bond donors (Lipinski definition) is 0. The largest absolute Gasteiger partial charge is 0.0585 e. The van der Waals surface area contributed by atoms with Crippen molar-refractivity contribution in [3.8, 4) is 0 Å². The Kier molecular flexibility index (Phi) is 3.73. The van der Waals surface area contributed by atoms with Gasteiger partial charge in [-0.2, -0.15) is 0 Å². The van der Waals surface area contributed by atoms with E-state index in [0.29, 0.717) is 0 Å². The molecule has 0 saturated carbocycles. The van der Waals surface area contributed by atoms with Gasteiger partial charge in [0.15, 0.2) is 0 Å². The molecule has 0 saturated heterocycles. The summed E-state index contributed by atoms with van der Waals surface area (Å²) in [6.45, 7) is 0. The molecule has 0 aliphatic heterocycles. The van der Waals surface area contributed by atoms with Crippen LogP contribution < -0.4 is 0 Å². The Balaban J connectivity index is 1.62. The van der Waals surface area contributed by atoms with Gasteiger partial charge in [-0.25, -0.2) is 0 Å². The van der Waals surface area contributed by atoms with Crippen LogP contribution in [0, 0.1) is 0 Å². The van der Waals surface area contributed by atoms with E-state index in [9.17, 15) is 0 Å². The predicted octanol–water partition coefficient (Wildman–Crippen LogP) is 5.33. The molecule has 0 aromatic heterocycles. The number of fused-ring (bicyclic) bond motifs is 4. The predicted molar refractivity (Wildman–Crippen MR) is 101 cm³/mol. The molecule has 0 fully saturated rings. The zero-order chi connectivity index (χ0) is 15.9. The molecule has 6 rings (SSSR count). The van der Waals surface area contributed by atoms with Gasteiger partial charge in [0, 0.05) is 0 Å². The maximum Gasteiger partial charge on any atom is -0.0235 e. The van der Waals surface area contributed by atoms with E-state index in [4.69, 9.17) is 0 Å². The molecule has 0 unspecified atom stereocenters. The topological polar surface area (TPSA) is 0 Å². The van der Waals surface area contributed by atoms with Crippen LogP contribution in [0.25, 0.3) is 0 Å². The molecule has 0 heterocycles. The van der Waals surface area contributed by atoms with Gasteiger partial charge in [-0.3, -0.25) is 0 Å². The summed E-state index contributed by atoms with van der Waals surface area (Å²) >= 11 is 0. The van der Waals surface area contributed by atoms with Gasteiger partial charge in [-0.05, 0) is 122 Å². The van der Waals surface area contributed by atoms with Gasteiger partial charge < -0.3 is 0 Å². The van der Waals surface area contributed by atoms with Crippen molar-refractivity contribution in [2.45, 2.75) is 77.0 Å². The van der Waals surface area contributed by atoms with Crippen molar-refractivity contribution in [2.24, 2.45) is 0 Å². The number of rotatable bonds is 0. The lowest BCUT2D eigenvalue weighted by molar-refractivity contribution is 0.655. The summed E-state index contributed by atoms with van der Waals surface area (Å²) in [6.07, 6.45) is 15.9.